The van der Waals surface area contributed by atoms with Gasteiger partial charge < -0.3 is 58.9 Å². The number of carboxylic acid groups (broad SMARTS) is 1. The molecule has 13 N–H and O–H groups in total. The summed E-state index contributed by atoms with van der Waals surface area (Å²) >= 11 is 0. The SMILES string of the molecule is CCNC(N)=NCCCCC(=O)N[C@@H](CCCN=C(N)N)C(=O)N1CCC[C@H]1C(=O)N[C@@H](Cc1ccc(O)cc1)C(=O)N[C@H](C(=O)N[C@@H](CC(C)C)C(=O)O)C(C)(C)C. The van der Waals surface area contributed by atoms with Crippen LogP contribution in [0.3, 0.4) is 0 Å². The summed E-state index contributed by atoms with van der Waals surface area (Å²) in [5, 5.41) is 33.5. The van der Waals surface area contributed by atoms with Crippen LogP contribution in [0.2, 0.25) is 0 Å². The molecule has 0 aliphatic carbocycles. The normalized spacial score (nSPS) is 16.3. The third-order valence-corrected chi connectivity index (χ3v) is 9.61. The number of phenols is 1. The van der Waals surface area contributed by atoms with Crippen molar-refractivity contribution >= 4 is 47.4 Å². The van der Waals surface area contributed by atoms with E-state index in [0.29, 0.717) is 50.3 Å². The highest BCUT2D eigenvalue weighted by Gasteiger charge is 2.40. The fraction of sp³-hybridized carbons (Fsp3) is 0.650. The first-order chi connectivity index (χ1) is 27.7. The number of aliphatic imine (C=N–C) groups is 2. The Morgan fingerprint density at radius 3 is 2.12 bits per heavy atom. The maximum absolute atomic E-state index is 14.1. The molecule has 330 valence electrons. The number of amides is 5. The molecule has 0 radical (unpaired) electrons. The lowest BCUT2D eigenvalue weighted by Crippen LogP contribution is -2.61. The van der Waals surface area contributed by atoms with E-state index in [4.69, 9.17) is 17.2 Å². The Morgan fingerprint density at radius 1 is 0.864 bits per heavy atom. The van der Waals surface area contributed by atoms with E-state index in [-0.39, 0.29) is 68.7 Å². The fourth-order valence-electron chi connectivity index (χ4n) is 6.58. The van der Waals surface area contributed by atoms with Gasteiger partial charge in [-0.05, 0) is 80.9 Å². The average Bonchev–Trinajstić information content (AvgIpc) is 3.64. The number of carbonyl (C=O) groups excluding carboxylic acids is 5. The number of hydrogen-bond donors (Lipinski definition) is 10. The van der Waals surface area contributed by atoms with Gasteiger partial charge in [-0.1, -0.05) is 46.8 Å². The molecule has 1 saturated heterocycles. The van der Waals surface area contributed by atoms with Crippen molar-refractivity contribution in [2.75, 3.05) is 26.2 Å². The van der Waals surface area contributed by atoms with Crippen LogP contribution in [-0.4, -0.2) is 119 Å². The number of hydrogen-bond acceptors (Lipinski definition) is 9. The number of carboxylic acids is 1. The number of benzene rings is 1. The lowest BCUT2D eigenvalue weighted by atomic mass is 9.85. The van der Waals surface area contributed by atoms with Gasteiger partial charge in [0.25, 0.3) is 0 Å². The van der Waals surface area contributed by atoms with E-state index in [1.807, 2.05) is 20.8 Å². The Morgan fingerprint density at radius 2 is 1.53 bits per heavy atom. The van der Waals surface area contributed by atoms with Gasteiger partial charge in [0.2, 0.25) is 29.5 Å². The molecule has 19 heteroatoms. The van der Waals surface area contributed by atoms with Crippen molar-refractivity contribution in [2.45, 2.75) is 130 Å². The van der Waals surface area contributed by atoms with Crippen LogP contribution in [0.15, 0.2) is 34.3 Å². The molecule has 5 amide bonds. The van der Waals surface area contributed by atoms with Crippen LogP contribution < -0.4 is 43.8 Å². The molecule has 1 aliphatic heterocycles. The number of aromatic hydroxyl groups is 1. The average molecular weight is 830 g/mol. The molecule has 0 aromatic heterocycles. The van der Waals surface area contributed by atoms with E-state index in [2.05, 4.69) is 36.6 Å². The number of likely N-dealkylation sites (tertiary alicyclic amines) is 1. The first-order valence-electron chi connectivity index (χ1n) is 20.3. The van der Waals surface area contributed by atoms with Gasteiger partial charge in [0.05, 0.1) is 0 Å². The Hall–Kier alpha value is -5.62. The molecule has 59 heavy (non-hydrogen) atoms. The van der Waals surface area contributed by atoms with E-state index >= 15 is 0 Å². The van der Waals surface area contributed by atoms with Gasteiger partial charge >= 0.3 is 5.97 Å². The lowest BCUT2D eigenvalue weighted by Gasteiger charge is -2.33. The van der Waals surface area contributed by atoms with Crippen molar-refractivity contribution in [2.24, 2.45) is 38.5 Å². The monoisotopic (exact) mass is 830 g/mol. The zero-order chi connectivity index (χ0) is 44.3. The van der Waals surface area contributed by atoms with E-state index in [1.54, 1.807) is 32.9 Å². The summed E-state index contributed by atoms with van der Waals surface area (Å²) in [7, 11) is 0. The van der Waals surface area contributed by atoms with E-state index < -0.39 is 65.2 Å². The molecular weight excluding hydrogens is 763 g/mol. The highest BCUT2D eigenvalue weighted by Crippen LogP contribution is 2.23. The summed E-state index contributed by atoms with van der Waals surface area (Å²) < 4.78 is 0. The maximum atomic E-state index is 14.1. The van der Waals surface area contributed by atoms with Crippen LogP contribution in [0.1, 0.15) is 98.5 Å². The number of carbonyl (C=O) groups is 6. The third kappa shape index (κ3) is 17.8. The van der Waals surface area contributed by atoms with E-state index in [0.717, 1.165) is 0 Å². The largest absolute Gasteiger partial charge is 0.508 e. The summed E-state index contributed by atoms with van der Waals surface area (Å²) in [6.07, 6.45) is 2.68. The number of aliphatic carboxylic acids is 1. The summed E-state index contributed by atoms with van der Waals surface area (Å²) in [6, 6.07) is 0.456. The molecule has 0 spiro atoms. The number of rotatable bonds is 23. The number of nitrogens with one attached hydrogen (secondary N) is 5. The van der Waals surface area contributed by atoms with E-state index in [1.165, 1.54) is 17.0 Å². The zero-order valence-corrected chi connectivity index (χ0v) is 35.4. The second-order valence-corrected chi connectivity index (χ2v) is 16.3. The molecular formula is C40H67N11O8. The maximum Gasteiger partial charge on any atom is 0.326 e. The Balaban J connectivity index is 2.32. The zero-order valence-electron chi connectivity index (χ0n) is 35.4. The van der Waals surface area contributed by atoms with Gasteiger partial charge in [-0.15, -0.1) is 0 Å². The number of guanidine groups is 2. The van der Waals surface area contributed by atoms with Crippen molar-refractivity contribution in [1.82, 2.24) is 31.5 Å². The highest BCUT2D eigenvalue weighted by molar-refractivity contribution is 5.96. The first kappa shape index (κ1) is 49.5. The lowest BCUT2D eigenvalue weighted by molar-refractivity contribution is -0.143. The summed E-state index contributed by atoms with van der Waals surface area (Å²) in [4.78, 5) is 90.6. The molecule has 2 rings (SSSR count). The van der Waals surface area contributed by atoms with Crippen LogP contribution in [0.4, 0.5) is 0 Å². The minimum Gasteiger partial charge on any atom is -0.508 e. The molecule has 5 atom stereocenters. The number of nitrogens with two attached hydrogens (primary N) is 3. The molecule has 1 aliphatic rings. The van der Waals surface area contributed by atoms with Crippen molar-refractivity contribution in [3.05, 3.63) is 29.8 Å². The van der Waals surface area contributed by atoms with Crippen molar-refractivity contribution < 1.29 is 39.0 Å². The minimum atomic E-state index is -1.25. The predicted octanol–water partition coefficient (Wildman–Crippen LogP) is 0.190. The molecule has 1 aromatic carbocycles. The number of nitrogens with zero attached hydrogens (tertiary/aromatic N) is 3. The van der Waals surface area contributed by atoms with Crippen LogP contribution in [0.5, 0.6) is 5.75 Å². The predicted molar refractivity (Wildman–Crippen MR) is 225 cm³/mol. The Labute approximate surface area is 347 Å². The molecule has 0 saturated carbocycles. The van der Waals surface area contributed by atoms with Gasteiger partial charge in [-0.25, -0.2) is 4.79 Å². The van der Waals surface area contributed by atoms with Crippen LogP contribution in [0.25, 0.3) is 0 Å². The second-order valence-electron chi connectivity index (χ2n) is 16.3. The Kier molecular flexibility index (Phi) is 20.4. The molecule has 19 nitrogen and oxygen atoms in total. The summed E-state index contributed by atoms with van der Waals surface area (Å²) in [5.41, 5.74) is 16.4. The smallest absolute Gasteiger partial charge is 0.326 e. The third-order valence-electron chi connectivity index (χ3n) is 9.61. The molecule has 1 fully saturated rings. The standard InChI is InChI=1S/C40H67N11O8/c1-7-44-39(43)46-19-9-8-14-31(53)47-27(12-10-20-45-38(41)42)36(57)51-21-11-13-30(51)34(55)48-28(23-25-15-17-26(52)18-16-25)33(54)50-32(40(4,5)6)35(56)49-29(37(58)59)22-24(2)3/h15-18,24,27-30,32,52H,7-14,19-23H2,1-6H3,(H,47,53)(H,48,55)(H,49,56)(H,50,54)(H,58,59)(H4,41,42,45)(H3,43,44,46)/t27-,28-,29-,30-,32+/m0/s1. The van der Waals surface area contributed by atoms with E-state index in [9.17, 15) is 39.0 Å². The van der Waals surface area contributed by atoms with Crippen molar-refractivity contribution in [3.8, 4) is 5.75 Å². The number of unbranched alkanes of at least 4 members (excludes halogenated alkanes) is 1. The first-order valence-corrected chi connectivity index (χ1v) is 20.3. The number of phenolic OH excluding ortho intramolecular Hbond substituents is 1. The van der Waals surface area contributed by atoms with Crippen molar-refractivity contribution in [3.63, 3.8) is 0 Å². The van der Waals surface area contributed by atoms with Crippen LogP contribution in [-0.2, 0) is 35.2 Å². The van der Waals surface area contributed by atoms with Crippen molar-refractivity contribution in [1.29, 1.82) is 0 Å². The second kappa shape index (κ2) is 24.3. The molecule has 0 bridgehead atoms. The van der Waals surface area contributed by atoms with Gasteiger partial charge in [0.1, 0.15) is 36.0 Å². The van der Waals surface area contributed by atoms with Gasteiger partial charge in [-0.3, -0.25) is 34.0 Å². The quantitative estimate of drug-likeness (QED) is 0.0402. The summed E-state index contributed by atoms with van der Waals surface area (Å²) in [6.45, 7) is 12.2. The van der Waals surface area contributed by atoms with Crippen LogP contribution >= 0.6 is 0 Å². The van der Waals surface area contributed by atoms with Gasteiger partial charge in [0, 0.05) is 39.0 Å². The van der Waals surface area contributed by atoms with Gasteiger partial charge in [0.15, 0.2) is 11.9 Å². The van der Waals surface area contributed by atoms with Gasteiger partial charge in [-0.2, -0.15) is 0 Å². The molecule has 1 aromatic rings. The fourth-order valence-corrected chi connectivity index (χ4v) is 6.58. The minimum absolute atomic E-state index is 0.00278. The molecule has 0 unspecified atom stereocenters. The summed E-state index contributed by atoms with van der Waals surface area (Å²) in [5.74, 6) is -3.88. The molecule has 1 heterocycles. The van der Waals surface area contributed by atoms with Crippen LogP contribution in [0, 0.1) is 11.3 Å². The Bertz CT molecular complexity index is 1620. The highest BCUT2D eigenvalue weighted by atomic mass is 16.4. The topological polar surface area (TPSA) is 309 Å².